The highest BCUT2D eigenvalue weighted by molar-refractivity contribution is 5.38. The van der Waals surface area contributed by atoms with Crippen molar-refractivity contribution < 1.29 is 0 Å². The molecule has 4 heterocycles. The van der Waals surface area contributed by atoms with Crippen molar-refractivity contribution in [3.05, 3.63) is 54.3 Å². The molecule has 3 aromatic rings. The summed E-state index contributed by atoms with van der Waals surface area (Å²) in [5, 5.41) is 0. The summed E-state index contributed by atoms with van der Waals surface area (Å²) in [6.07, 6.45) is 11.0. The van der Waals surface area contributed by atoms with E-state index in [0.29, 0.717) is 0 Å². The normalized spacial score (nSPS) is 17.4. The van der Waals surface area contributed by atoms with Crippen LogP contribution in [0.3, 0.4) is 0 Å². The zero-order valence-electron chi connectivity index (χ0n) is 13.8. The van der Waals surface area contributed by atoms with Crippen LogP contribution < -0.4 is 4.90 Å². The maximum Gasteiger partial charge on any atom is 0.226 e. The highest BCUT2D eigenvalue weighted by atomic mass is 15.3. The minimum atomic E-state index is 0.155. The molecule has 1 unspecified atom stereocenters. The molecule has 1 aliphatic rings. The van der Waals surface area contributed by atoms with E-state index in [-0.39, 0.29) is 6.04 Å². The molecule has 1 fully saturated rings. The molecular weight excluding hydrogens is 302 g/mol. The Morgan fingerprint density at radius 3 is 2.62 bits per heavy atom. The van der Waals surface area contributed by atoms with E-state index >= 15 is 0 Å². The van der Waals surface area contributed by atoms with Gasteiger partial charge in [-0.25, -0.2) is 19.9 Å². The summed E-state index contributed by atoms with van der Waals surface area (Å²) in [6, 6.07) is 2.15. The molecule has 1 aliphatic heterocycles. The van der Waals surface area contributed by atoms with Crippen molar-refractivity contribution in [2.75, 3.05) is 11.4 Å². The van der Waals surface area contributed by atoms with Gasteiger partial charge in [0.25, 0.3) is 0 Å². The quantitative estimate of drug-likeness (QED) is 0.737. The van der Waals surface area contributed by atoms with Crippen LogP contribution in [0.25, 0.3) is 5.82 Å². The van der Waals surface area contributed by atoms with Crippen LogP contribution in [0.1, 0.15) is 36.0 Å². The Kier molecular flexibility index (Phi) is 3.68. The van der Waals surface area contributed by atoms with Gasteiger partial charge in [-0.1, -0.05) is 0 Å². The number of imidazole rings is 1. The summed E-state index contributed by atoms with van der Waals surface area (Å²) in [5.41, 5.74) is 2.92. The largest absolute Gasteiger partial charge is 0.332 e. The average molecular weight is 321 g/mol. The van der Waals surface area contributed by atoms with Gasteiger partial charge in [-0.2, -0.15) is 0 Å². The van der Waals surface area contributed by atoms with Crippen LogP contribution in [0.15, 0.2) is 37.2 Å². The fraction of sp³-hybridized carbons (Fsp3) is 0.353. The molecule has 1 saturated heterocycles. The van der Waals surface area contributed by atoms with Crippen molar-refractivity contribution in [3.63, 3.8) is 0 Å². The van der Waals surface area contributed by atoms with E-state index in [1.807, 2.05) is 36.9 Å². The molecule has 0 aliphatic carbocycles. The number of aromatic nitrogens is 6. The molecule has 4 rings (SSSR count). The Hall–Kier alpha value is -2.83. The van der Waals surface area contributed by atoms with Gasteiger partial charge in [0.2, 0.25) is 5.95 Å². The van der Waals surface area contributed by atoms with Crippen LogP contribution in [0.5, 0.6) is 0 Å². The fourth-order valence-corrected chi connectivity index (χ4v) is 3.20. The first-order valence-corrected chi connectivity index (χ1v) is 8.10. The van der Waals surface area contributed by atoms with Gasteiger partial charge < -0.3 is 4.90 Å². The van der Waals surface area contributed by atoms with E-state index in [1.165, 1.54) is 0 Å². The van der Waals surface area contributed by atoms with Crippen LogP contribution >= 0.6 is 0 Å². The van der Waals surface area contributed by atoms with E-state index in [4.69, 9.17) is 4.98 Å². The lowest BCUT2D eigenvalue weighted by Crippen LogP contribution is -2.26. The van der Waals surface area contributed by atoms with Crippen molar-refractivity contribution in [1.82, 2.24) is 29.5 Å². The van der Waals surface area contributed by atoms with Gasteiger partial charge in [0, 0.05) is 30.3 Å². The molecule has 0 amide bonds. The minimum Gasteiger partial charge on any atom is -0.332 e. The molecule has 0 bridgehead atoms. The first-order valence-electron chi connectivity index (χ1n) is 8.10. The molecular formula is C17H19N7. The van der Waals surface area contributed by atoms with Crippen molar-refractivity contribution in [2.45, 2.75) is 32.7 Å². The second kappa shape index (κ2) is 5.99. The van der Waals surface area contributed by atoms with Gasteiger partial charge in [-0.3, -0.25) is 9.55 Å². The molecule has 0 N–H and O–H groups in total. The smallest absolute Gasteiger partial charge is 0.226 e. The molecule has 0 spiro atoms. The first-order chi connectivity index (χ1) is 11.7. The third-order valence-electron chi connectivity index (χ3n) is 4.23. The molecule has 7 nitrogen and oxygen atoms in total. The highest BCUT2D eigenvalue weighted by Crippen LogP contribution is 2.33. The maximum absolute atomic E-state index is 4.78. The van der Waals surface area contributed by atoms with Gasteiger partial charge in [0.15, 0.2) is 5.82 Å². The predicted molar refractivity (Wildman–Crippen MR) is 90.0 cm³/mol. The maximum atomic E-state index is 4.78. The van der Waals surface area contributed by atoms with E-state index < -0.39 is 0 Å². The molecule has 24 heavy (non-hydrogen) atoms. The molecule has 3 aromatic heterocycles. The summed E-state index contributed by atoms with van der Waals surface area (Å²) in [7, 11) is 0. The lowest BCUT2D eigenvalue weighted by Gasteiger charge is -2.24. The number of nitrogens with zero attached hydrogens (tertiary/aromatic N) is 7. The van der Waals surface area contributed by atoms with Gasteiger partial charge >= 0.3 is 0 Å². The summed E-state index contributed by atoms with van der Waals surface area (Å²) >= 11 is 0. The van der Waals surface area contributed by atoms with Gasteiger partial charge in [-0.05, 0) is 32.8 Å². The van der Waals surface area contributed by atoms with E-state index in [9.17, 15) is 0 Å². The molecule has 0 aromatic carbocycles. The number of rotatable bonds is 3. The van der Waals surface area contributed by atoms with Crippen LogP contribution in [0, 0.1) is 13.8 Å². The summed E-state index contributed by atoms with van der Waals surface area (Å²) in [6.45, 7) is 4.94. The Balaban J connectivity index is 1.69. The van der Waals surface area contributed by atoms with Crippen molar-refractivity contribution >= 4 is 5.95 Å². The molecule has 1 atom stereocenters. The lowest BCUT2D eigenvalue weighted by molar-refractivity contribution is 0.669. The monoisotopic (exact) mass is 321 g/mol. The van der Waals surface area contributed by atoms with E-state index in [1.54, 1.807) is 18.7 Å². The Labute approximate surface area is 140 Å². The van der Waals surface area contributed by atoms with E-state index in [0.717, 1.165) is 48.2 Å². The van der Waals surface area contributed by atoms with Crippen LogP contribution in [-0.2, 0) is 0 Å². The van der Waals surface area contributed by atoms with Crippen LogP contribution in [0.2, 0.25) is 0 Å². The van der Waals surface area contributed by atoms with Gasteiger partial charge in [0.05, 0.1) is 24.1 Å². The summed E-state index contributed by atoms with van der Waals surface area (Å²) in [5.74, 6) is 1.56. The van der Waals surface area contributed by atoms with Crippen molar-refractivity contribution in [2.24, 2.45) is 0 Å². The number of anilines is 1. The first kappa shape index (κ1) is 14.7. The Morgan fingerprint density at radius 2 is 1.88 bits per heavy atom. The fourth-order valence-electron chi connectivity index (χ4n) is 3.20. The topological polar surface area (TPSA) is 72.6 Å². The third kappa shape index (κ3) is 2.73. The number of hydrogen-bond acceptors (Lipinski definition) is 6. The second-order valence-corrected chi connectivity index (χ2v) is 6.07. The van der Waals surface area contributed by atoms with E-state index in [2.05, 4.69) is 24.8 Å². The molecule has 0 saturated carbocycles. The second-order valence-electron chi connectivity index (χ2n) is 6.07. The molecule has 122 valence electrons. The zero-order valence-corrected chi connectivity index (χ0v) is 13.8. The summed E-state index contributed by atoms with van der Waals surface area (Å²) < 4.78 is 1.86. The predicted octanol–water partition coefficient (Wildman–Crippen LogP) is 2.41. The molecule has 7 heteroatoms. The van der Waals surface area contributed by atoms with Gasteiger partial charge in [-0.15, -0.1) is 0 Å². The standard InChI is InChI=1S/C17H19N7/c1-12-8-13(2)21-17(20-12)24-6-3-4-15(24)14-9-19-10-16(22-14)23-7-5-18-11-23/h5,7-11,15H,3-4,6H2,1-2H3. The third-order valence-corrected chi connectivity index (χ3v) is 4.23. The number of hydrogen-bond donors (Lipinski definition) is 0. The zero-order chi connectivity index (χ0) is 16.5. The lowest BCUT2D eigenvalue weighted by atomic mass is 10.1. The summed E-state index contributed by atoms with van der Waals surface area (Å²) in [4.78, 5) is 24.7. The van der Waals surface area contributed by atoms with Gasteiger partial charge in [0.1, 0.15) is 6.33 Å². The average Bonchev–Trinajstić information content (AvgIpc) is 3.26. The Morgan fingerprint density at radius 1 is 1.04 bits per heavy atom. The molecule has 0 radical (unpaired) electrons. The SMILES string of the molecule is Cc1cc(C)nc(N2CCCC2c2cncc(-n3ccnc3)n2)n1. The van der Waals surface area contributed by atoms with Crippen molar-refractivity contribution in [3.8, 4) is 5.82 Å². The van der Waals surface area contributed by atoms with Crippen molar-refractivity contribution in [1.29, 1.82) is 0 Å². The highest BCUT2D eigenvalue weighted by Gasteiger charge is 2.29. The minimum absolute atomic E-state index is 0.155. The number of aryl methyl sites for hydroxylation is 2. The van der Waals surface area contributed by atoms with Crippen LogP contribution in [-0.4, -0.2) is 36.0 Å². The Bertz CT molecular complexity index is 824. The van der Waals surface area contributed by atoms with Crippen LogP contribution in [0.4, 0.5) is 5.95 Å².